The van der Waals surface area contributed by atoms with Gasteiger partial charge >= 0.3 is 6.18 Å². The monoisotopic (exact) mass is 2210 g/mol. The number of aromatic amines is 1. The van der Waals surface area contributed by atoms with Gasteiger partial charge in [0.25, 0.3) is 0 Å². The Morgan fingerprint density at radius 2 is 0.532 bits per heavy atom. The molecule has 0 atom stereocenters. The minimum Gasteiger partial charge on any atom is -0.399 e. The molecule has 31 heteroatoms. The predicted molar refractivity (Wildman–Crippen MR) is 589 cm³/mol. The molecule has 141 heavy (non-hydrogen) atoms. The van der Waals surface area contributed by atoms with Crippen molar-refractivity contribution in [2.24, 2.45) is 0 Å². The van der Waals surface area contributed by atoms with Crippen LogP contribution in [-0.4, -0.2) is 59.0 Å². The molecule has 0 saturated carbocycles. The van der Waals surface area contributed by atoms with Crippen molar-refractivity contribution in [3.05, 3.63) is 525 Å². The van der Waals surface area contributed by atoms with Crippen LogP contribution in [0.5, 0.6) is 0 Å². The van der Waals surface area contributed by atoms with Crippen molar-refractivity contribution >= 4 is 217 Å². The van der Waals surface area contributed by atoms with Gasteiger partial charge in [0.15, 0.2) is 43.2 Å². The van der Waals surface area contributed by atoms with Gasteiger partial charge in [-0.25, -0.2) is 29.9 Å². The summed E-state index contributed by atoms with van der Waals surface area (Å²) in [6, 6.07) is 142. The Kier molecular flexibility index (Phi) is 44.7. The summed E-state index contributed by atoms with van der Waals surface area (Å²) in [4.78, 5) is 38.2. The van der Waals surface area contributed by atoms with Crippen molar-refractivity contribution in [2.75, 3.05) is 11.1 Å². The van der Waals surface area contributed by atoms with E-state index in [0.717, 1.165) is 23.6 Å². The van der Waals surface area contributed by atoms with Crippen LogP contribution in [0, 0.1) is 27.7 Å². The van der Waals surface area contributed by atoms with E-state index in [0.29, 0.717) is 60.6 Å². The molecule has 14 aromatic carbocycles. The number of nitrogen functional groups attached to an aromatic ring is 1. The first-order chi connectivity index (χ1) is 67.9. The molecule has 6 heterocycles. The first kappa shape index (κ1) is 110. The van der Waals surface area contributed by atoms with E-state index in [1.54, 1.807) is 25.3 Å². The van der Waals surface area contributed by atoms with Crippen molar-refractivity contribution in [1.29, 1.82) is 0 Å². The molecule has 714 valence electrons. The SMILES string of the molecule is Cc1ccc(N)cc1.Cc1nc(Cl)c(Cl)[nH]1.Cc1nc(Cl)c(Cl)n1-c1cncc(Cl)n1.Cc1nc(Cl)c(Cl)n1-c1cncc(Nc2ccc(C(F)(F)F)cc2)n1.Clc1cncc(Cl)n1.[Pd].c1ccc(P(c2ccccc2)c2ccccc2)cc1.c1ccc(P(c2ccccc2)c2ccccc2)cc1.c1ccc(P(c2ccccc2)c2ccccc2)cc1.c1ccc(P(c2ccccc2)c2ccccc2)cc1. The fourth-order valence-electron chi connectivity index (χ4n) is 13.4. The smallest absolute Gasteiger partial charge is 0.399 e. The maximum atomic E-state index is 12.6. The number of H-pyrrole nitrogens is 1. The second-order valence-electron chi connectivity index (χ2n) is 29.7. The van der Waals surface area contributed by atoms with E-state index in [1.807, 2.05) is 31.2 Å². The third-order valence-electron chi connectivity index (χ3n) is 19.6. The minimum atomic E-state index is -4.38. The molecule has 14 nitrogen and oxygen atoms in total. The Balaban J connectivity index is 0.000000155. The molecule has 0 aliphatic rings. The van der Waals surface area contributed by atoms with Crippen molar-refractivity contribution < 1.29 is 33.6 Å². The van der Waals surface area contributed by atoms with Crippen molar-refractivity contribution in [2.45, 2.75) is 33.9 Å². The van der Waals surface area contributed by atoms with Gasteiger partial charge in [-0.05, 0) is 159 Å². The maximum absolute atomic E-state index is 12.6. The standard InChI is InChI=1S/4C18H15P.C15H10Cl2F3N5.C8H5Cl3N4.C7H9N.C4H2Cl2N2.C4H4Cl2N2.Pd/c4*1-4-10-16(11-5-1)19(17-12-6-2-7-13-17)18-14-8-3-9-15-18;1-8-22-13(16)14(17)25(8)12-7-21-6-11(24-12)23-10-4-2-9(3-5-10)15(18,19)20;1-4-13-7(10)8(11)15(4)6-3-12-2-5(9)14-6;1-6-2-4-7(8)5-3-6;5-3-1-7-2-4(6)8-3;1-2-7-3(5)4(6)8-2;/h4*1-15H;2-7H,1H3,(H,23,24);2-3H,1H3;2-5H,8H2,1H3;1-2H;1H3,(H,7,8);. The Morgan fingerprint density at radius 3 is 0.730 bits per heavy atom. The van der Waals surface area contributed by atoms with E-state index in [9.17, 15) is 13.2 Å². The van der Waals surface area contributed by atoms with Gasteiger partial charge in [-0.2, -0.15) is 13.2 Å². The number of benzene rings is 14. The van der Waals surface area contributed by atoms with Gasteiger partial charge in [0.2, 0.25) is 0 Å². The summed E-state index contributed by atoms with van der Waals surface area (Å²) in [7, 11) is -1.78. The number of aromatic nitrogens is 12. The van der Waals surface area contributed by atoms with Crippen molar-refractivity contribution in [1.82, 2.24) is 59.0 Å². The number of nitrogens with one attached hydrogen (secondary N) is 2. The Hall–Kier alpha value is -11.7. The topological polar surface area (TPSA) is 180 Å². The van der Waals surface area contributed by atoms with Crippen LogP contribution in [0.1, 0.15) is 28.6 Å². The van der Waals surface area contributed by atoms with Gasteiger partial charge in [0.05, 0.1) is 42.7 Å². The normalized spacial score (nSPS) is 10.5. The fraction of sp³-hybridized carbons (Fsp3) is 0.0455. The average Bonchev–Trinajstić information content (AvgIpc) is 1.64. The van der Waals surface area contributed by atoms with E-state index in [4.69, 9.17) is 110 Å². The van der Waals surface area contributed by atoms with E-state index >= 15 is 0 Å². The summed E-state index contributed by atoms with van der Waals surface area (Å²) in [5, 5.41) is 22.2. The molecule has 0 saturated heterocycles. The molecule has 20 rings (SSSR count). The number of alkyl halides is 3. The first-order valence-electron chi connectivity index (χ1n) is 43.1. The average molecular weight is 2210 g/mol. The van der Waals surface area contributed by atoms with E-state index in [2.05, 4.69) is 419 Å². The van der Waals surface area contributed by atoms with E-state index in [-0.39, 0.29) is 41.0 Å². The van der Waals surface area contributed by atoms with E-state index in [1.165, 1.54) is 123 Å². The minimum absolute atomic E-state index is 0. The Bertz CT molecular complexity index is 6160. The molecule has 0 spiro atoms. The third kappa shape index (κ3) is 34.3. The first-order valence-corrected chi connectivity index (χ1v) is 51.9. The summed E-state index contributed by atoms with van der Waals surface area (Å²) in [6.45, 7) is 7.30. The molecular formula is C110H90Cl9F3N14P4Pd. The molecule has 0 bridgehead atoms. The zero-order chi connectivity index (χ0) is 99.0. The molecule has 0 fully saturated rings. The van der Waals surface area contributed by atoms with Gasteiger partial charge < -0.3 is 16.0 Å². The molecule has 6 aromatic heterocycles. The number of aryl methyl sites for hydroxylation is 4. The largest absolute Gasteiger partial charge is 0.416 e. The number of nitrogens with two attached hydrogens (primary N) is 1. The van der Waals surface area contributed by atoms with Crippen molar-refractivity contribution in [3.63, 3.8) is 0 Å². The number of hydrogen-bond acceptors (Lipinski definition) is 11. The summed E-state index contributed by atoms with van der Waals surface area (Å²) < 4.78 is 40.9. The zero-order valence-corrected chi connectivity index (χ0v) is 87.8. The summed E-state index contributed by atoms with van der Waals surface area (Å²) >= 11 is 51.2. The second-order valence-corrected chi connectivity index (χ2v) is 41.9. The molecule has 0 aliphatic carbocycles. The zero-order valence-electron chi connectivity index (χ0n) is 75.9. The number of rotatable bonds is 16. The van der Waals surface area contributed by atoms with Crippen LogP contribution < -0.4 is 74.7 Å². The van der Waals surface area contributed by atoms with Crippen LogP contribution >= 0.6 is 136 Å². The third-order valence-corrected chi connectivity index (χ3v) is 32.0. The molecular weight excluding hydrogens is 2120 g/mol. The number of nitrogens with zero attached hydrogens (tertiary/aromatic N) is 11. The number of halogens is 12. The molecule has 0 unspecified atom stereocenters. The number of imidazole rings is 3. The van der Waals surface area contributed by atoms with Gasteiger partial charge in [-0.3, -0.25) is 24.1 Å². The fourth-order valence-corrected chi connectivity index (χ4v) is 24.3. The quantitative estimate of drug-likeness (QED) is 0.0476. The maximum Gasteiger partial charge on any atom is 0.416 e. The van der Waals surface area contributed by atoms with Gasteiger partial charge in [-0.1, -0.05) is 486 Å². The number of anilines is 3. The van der Waals surface area contributed by atoms with Crippen molar-refractivity contribution in [3.8, 4) is 11.6 Å². The second kappa shape index (κ2) is 57.4. The molecule has 0 aliphatic heterocycles. The van der Waals surface area contributed by atoms with Crippen LogP contribution in [0.2, 0.25) is 46.4 Å². The summed E-state index contributed by atoms with van der Waals surface area (Å²) in [5.74, 6) is 3.08. The van der Waals surface area contributed by atoms with Crippen LogP contribution in [0.15, 0.2) is 450 Å². The molecule has 0 amide bonds. The van der Waals surface area contributed by atoms with Crippen LogP contribution in [0.4, 0.5) is 30.4 Å². The summed E-state index contributed by atoms with van der Waals surface area (Å²) in [6.07, 6.45) is 4.33. The molecule has 0 radical (unpaired) electrons. The number of hydrogen-bond donors (Lipinski definition) is 3. The molecule has 4 N–H and O–H groups in total. The molecule has 20 aromatic rings. The van der Waals surface area contributed by atoms with Gasteiger partial charge in [0, 0.05) is 31.8 Å². The van der Waals surface area contributed by atoms with Gasteiger partial charge in [-0.15, -0.1) is 0 Å². The summed E-state index contributed by atoms with van der Waals surface area (Å²) in [5.41, 5.74) is 7.21. The Labute approximate surface area is 882 Å². The van der Waals surface area contributed by atoms with E-state index < -0.39 is 43.4 Å². The van der Waals surface area contributed by atoms with Crippen LogP contribution in [0.25, 0.3) is 11.6 Å². The van der Waals surface area contributed by atoms with Crippen LogP contribution in [-0.2, 0) is 26.6 Å². The predicted octanol–water partition coefficient (Wildman–Crippen LogP) is 27.1. The van der Waals surface area contributed by atoms with Gasteiger partial charge in [0.1, 0.15) is 38.1 Å². The van der Waals surface area contributed by atoms with Crippen LogP contribution in [0.3, 0.4) is 0 Å². The Morgan fingerprint density at radius 1 is 0.284 bits per heavy atom.